The van der Waals surface area contributed by atoms with Gasteiger partial charge in [-0.15, -0.1) is 5.10 Å². The molecule has 1 N–H and O–H groups in total. The number of nitrogens with zero attached hydrogens (tertiary/aromatic N) is 6. The molecule has 170 valence electrons. The Hall–Kier alpha value is -3.63. The summed E-state index contributed by atoms with van der Waals surface area (Å²) in [6.45, 7) is 0.707. The largest absolute Gasteiger partial charge is 0.496 e. The number of pyridine rings is 1. The first-order chi connectivity index (χ1) is 16.0. The Morgan fingerprint density at radius 2 is 2.12 bits per heavy atom. The molecular weight excluding hydrogens is 424 g/mol. The van der Waals surface area contributed by atoms with Gasteiger partial charge in [0, 0.05) is 32.3 Å². The molecule has 0 bridgehead atoms. The van der Waals surface area contributed by atoms with E-state index in [1.165, 1.54) is 10.9 Å². The van der Waals surface area contributed by atoms with Crippen LogP contribution in [-0.2, 0) is 18.2 Å². The third-order valence-corrected chi connectivity index (χ3v) is 5.92. The predicted molar refractivity (Wildman–Crippen MR) is 120 cm³/mol. The average molecular weight is 448 g/mol. The van der Waals surface area contributed by atoms with Crippen molar-refractivity contribution < 1.29 is 14.6 Å². The topological polar surface area (TPSA) is 117 Å². The Bertz CT molecular complexity index is 1350. The number of ether oxygens (including phenoxy) is 2. The highest BCUT2D eigenvalue weighted by atomic mass is 16.5. The van der Waals surface area contributed by atoms with E-state index in [0.29, 0.717) is 41.8 Å². The summed E-state index contributed by atoms with van der Waals surface area (Å²) in [5, 5.41) is 18.8. The first-order valence-corrected chi connectivity index (χ1v) is 10.7. The number of aliphatic hydroxyl groups is 1. The van der Waals surface area contributed by atoms with Crippen LogP contribution in [0.5, 0.6) is 5.75 Å². The fourth-order valence-electron chi connectivity index (χ4n) is 4.17. The Labute approximate surface area is 189 Å². The van der Waals surface area contributed by atoms with E-state index in [9.17, 15) is 9.90 Å². The van der Waals surface area contributed by atoms with Crippen LogP contribution >= 0.6 is 0 Å². The third kappa shape index (κ3) is 4.10. The van der Waals surface area contributed by atoms with Crippen LogP contribution in [0.15, 0.2) is 47.8 Å². The van der Waals surface area contributed by atoms with Crippen molar-refractivity contribution in [2.75, 3.05) is 20.3 Å². The van der Waals surface area contributed by atoms with Gasteiger partial charge in [-0.3, -0.25) is 19.0 Å². The number of hydrogen-bond donors (Lipinski definition) is 1. The van der Waals surface area contributed by atoms with Crippen molar-refractivity contribution in [2.24, 2.45) is 7.05 Å². The van der Waals surface area contributed by atoms with Crippen LogP contribution in [0, 0.1) is 0 Å². The van der Waals surface area contributed by atoms with Crippen molar-refractivity contribution in [3.63, 3.8) is 0 Å². The monoisotopic (exact) mass is 448 g/mol. The van der Waals surface area contributed by atoms with Gasteiger partial charge in [0.15, 0.2) is 0 Å². The normalized spacial score (nSPS) is 18.5. The van der Waals surface area contributed by atoms with E-state index in [0.717, 1.165) is 16.8 Å². The molecule has 10 heteroatoms. The summed E-state index contributed by atoms with van der Waals surface area (Å²) in [6, 6.07) is 7.11. The second kappa shape index (κ2) is 8.72. The molecule has 10 nitrogen and oxygen atoms in total. The van der Waals surface area contributed by atoms with E-state index in [1.54, 1.807) is 24.1 Å². The summed E-state index contributed by atoms with van der Waals surface area (Å²) in [6.07, 6.45) is 5.43. The standard InChI is InChI=1S/C23H24N6O4/c1-28-11-19(26-27-28)17-4-3-14(10-24-17)7-15-8-16-18(9-22(15)32-2)25-13-29(23(16)31)20-5-6-33-12-21(20)30/h3-4,8-11,13,20-21,30H,5-7,12H2,1-2H3/t20-,21-/m0/s1. The number of aromatic nitrogens is 6. The fraction of sp³-hybridized carbons (Fsp3) is 0.348. The van der Waals surface area contributed by atoms with Crippen LogP contribution < -0.4 is 10.3 Å². The molecule has 1 saturated heterocycles. The summed E-state index contributed by atoms with van der Waals surface area (Å²) < 4.78 is 14.0. The van der Waals surface area contributed by atoms with Gasteiger partial charge in [0.2, 0.25) is 0 Å². The lowest BCUT2D eigenvalue weighted by molar-refractivity contribution is -0.0395. The summed E-state index contributed by atoms with van der Waals surface area (Å²) in [7, 11) is 3.40. The van der Waals surface area contributed by atoms with E-state index in [1.807, 2.05) is 31.4 Å². The van der Waals surface area contributed by atoms with Crippen LogP contribution in [0.4, 0.5) is 0 Å². The molecule has 1 aromatic carbocycles. The maximum absolute atomic E-state index is 13.3. The molecule has 0 aliphatic carbocycles. The molecule has 33 heavy (non-hydrogen) atoms. The predicted octanol–water partition coefficient (Wildman–Crippen LogP) is 1.51. The minimum atomic E-state index is -0.743. The highest BCUT2D eigenvalue weighted by Gasteiger charge is 2.27. The second-order valence-corrected chi connectivity index (χ2v) is 8.14. The molecular formula is C23H24N6O4. The van der Waals surface area contributed by atoms with E-state index in [2.05, 4.69) is 20.3 Å². The molecule has 1 fully saturated rings. The minimum absolute atomic E-state index is 0.189. The molecule has 0 amide bonds. The van der Waals surface area contributed by atoms with Crippen molar-refractivity contribution in [2.45, 2.75) is 25.0 Å². The van der Waals surface area contributed by atoms with E-state index < -0.39 is 6.10 Å². The van der Waals surface area contributed by atoms with Gasteiger partial charge in [0.25, 0.3) is 5.56 Å². The van der Waals surface area contributed by atoms with Gasteiger partial charge in [-0.2, -0.15) is 0 Å². The molecule has 4 heterocycles. The minimum Gasteiger partial charge on any atom is -0.496 e. The zero-order chi connectivity index (χ0) is 22.9. The molecule has 5 rings (SSSR count). The van der Waals surface area contributed by atoms with Crippen molar-refractivity contribution in [1.29, 1.82) is 0 Å². The number of rotatable bonds is 5. The fourth-order valence-corrected chi connectivity index (χ4v) is 4.17. The van der Waals surface area contributed by atoms with Gasteiger partial charge in [-0.05, 0) is 29.7 Å². The van der Waals surface area contributed by atoms with E-state index in [4.69, 9.17) is 9.47 Å². The lowest BCUT2D eigenvalue weighted by Gasteiger charge is -2.29. The molecule has 1 aliphatic heterocycles. The number of aryl methyl sites for hydroxylation is 1. The van der Waals surface area contributed by atoms with Crippen LogP contribution in [0.3, 0.4) is 0 Å². The molecule has 4 aromatic rings. The Morgan fingerprint density at radius 3 is 2.82 bits per heavy atom. The molecule has 0 saturated carbocycles. The quantitative estimate of drug-likeness (QED) is 0.488. The molecule has 2 atom stereocenters. The molecule has 1 aliphatic rings. The lowest BCUT2D eigenvalue weighted by Crippen LogP contribution is -2.39. The lowest BCUT2D eigenvalue weighted by atomic mass is 10.0. The Morgan fingerprint density at radius 1 is 1.24 bits per heavy atom. The highest BCUT2D eigenvalue weighted by Crippen LogP contribution is 2.27. The van der Waals surface area contributed by atoms with Crippen molar-refractivity contribution in [3.05, 3.63) is 64.5 Å². The van der Waals surface area contributed by atoms with Gasteiger partial charge in [-0.25, -0.2) is 4.98 Å². The number of benzene rings is 1. The second-order valence-electron chi connectivity index (χ2n) is 8.14. The molecule has 0 radical (unpaired) electrons. The van der Waals surface area contributed by atoms with Gasteiger partial charge < -0.3 is 14.6 Å². The summed E-state index contributed by atoms with van der Waals surface area (Å²) >= 11 is 0. The Kier molecular flexibility index (Phi) is 5.61. The average Bonchev–Trinajstić information content (AvgIpc) is 3.27. The van der Waals surface area contributed by atoms with Gasteiger partial charge >= 0.3 is 0 Å². The maximum Gasteiger partial charge on any atom is 0.261 e. The zero-order valence-electron chi connectivity index (χ0n) is 18.4. The van der Waals surface area contributed by atoms with Crippen LogP contribution in [-0.4, -0.2) is 61.1 Å². The molecule has 0 spiro atoms. The molecule has 0 unspecified atom stereocenters. The van der Waals surface area contributed by atoms with Crippen molar-refractivity contribution >= 4 is 10.9 Å². The number of hydrogen-bond acceptors (Lipinski definition) is 8. The SMILES string of the molecule is COc1cc2ncn([C@H]3CCOC[C@@H]3O)c(=O)c2cc1Cc1ccc(-c2cn(C)nn2)nc1. The first kappa shape index (κ1) is 21.2. The number of fused-ring (bicyclic) bond motifs is 1. The van der Waals surface area contributed by atoms with Gasteiger partial charge in [0.05, 0.1) is 55.0 Å². The first-order valence-electron chi connectivity index (χ1n) is 10.7. The van der Waals surface area contributed by atoms with Crippen LogP contribution in [0.1, 0.15) is 23.6 Å². The molecule has 3 aromatic heterocycles. The van der Waals surface area contributed by atoms with Crippen LogP contribution in [0.2, 0.25) is 0 Å². The van der Waals surface area contributed by atoms with E-state index in [-0.39, 0.29) is 18.2 Å². The van der Waals surface area contributed by atoms with Crippen molar-refractivity contribution in [3.8, 4) is 17.1 Å². The zero-order valence-corrected chi connectivity index (χ0v) is 18.4. The summed E-state index contributed by atoms with van der Waals surface area (Å²) in [4.78, 5) is 22.2. The smallest absolute Gasteiger partial charge is 0.261 e. The van der Waals surface area contributed by atoms with Gasteiger partial charge in [-0.1, -0.05) is 11.3 Å². The van der Waals surface area contributed by atoms with E-state index >= 15 is 0 Å². The maximum atomic E-state index is 13.3. The van der Waals surface area contributed by atoms with Gasteiger partial charge in [0.1, 0.15) is 11.4 Å². The summed E-state index contributed by atoms with van der Waals surface area (Å²) in [5.74, 6) is 0.649. The van der Waals surface area contributed by atoms with Crippen molar-refractivity contribution in [1.82, 2.24) is 29.5 Å². The number of methoxy groups -OCH3 is 1. The summed E-state index contributed by atoms with van der Waals surface area (Å²) in [5.41, 5.74) is 3.61. The highest BCUT2D eigenvalue weighted by molar-refractivity contribution is 5.80. The number of aliphatic hydroxyl groups excluding tert-OH is 1. The third-order valence-electron chi connectivity index (χ3n) is 5.92. The Balaban J connectivity index is 1.49. The van der Waals surface area contributed by atoms with Crippen LogP contribution in [0.25, 0.3) is 22.3 Å².